The molecule has 0 radical (unpaired) electrons. The fraction of sp³-hybridized carbons (Fsp3) is 0.143. The molecule has 0 unspecified atom stereocenters. The van der Waals surface area contributed by atoms with E-state index in [1.807, 2.05) is 37.3 Å². The van der Waals surface area contributed by atoms with Crippen molar-refractivity contribution in [3.63, 3.8) is 0 Å². The molecule has 2 N–H and O–H groups in total. The number of nitrogens with one attached hydrogen (secondary N) is 2. The molecule has 3 aromatic rings. The maximum Gasteiger partial charge on any atom is 0.256 e. The first-order valence-electron chi connectivity index (χ1n) is 8.82. The number of nitrogens with zero attached hydrogens (tertiary/aromatic N) is 2. The van der Waals surface area contributed by atoms with Gasteiger partial charge in [-0.15, -0.1) is 6.42 Å². The lowest BCUT2D eigenvalue weighted by Crippen LogP contribution is -2.24. The topological polar surface area (TPSA) is 93.1 Å². The number of carbonyl (C=O) groups excluding carboxylic acids is 1. The summed E-state index contributed by atoms with van der Waals surface area (Å²) in [5.41, 5.74) is 2.00. The quantitative estimate of drug-likeness (QED) is 0.587. The maximum absolute atomic E-state index is 12.7. The Morgan fingerprint density at radius 3 is 2.62 bits per heavy atom. The summed E-state index contributed by atoms with van der Waals surface area (Å²) in [6, 6.07) is 17.3. The smallest absolute Gasteiger partial charge is 0.256 e. The van der Waals surface area contributed by atoms with Gasteiger partial charge in [-0.2, -0.15) is 9.82 Å². The van der Waals surface area contributed by atoms with E-state index in [9.17, 15) is 13.2 Å². The van der Waals surface area contributed by atoms with Crippen molar-refractivity contribution >= 4 is 21.7 Å². The molecule has 8 heteroatoms. The average molecular weight is 408 g/mol. The lowest BCUT2D eigenvalue weighted by atomic mass is 10.2. The van der Waals surface area contributed by atoms with Crippen molar-refractivity contribution in [2.24, 2.45) is 0 Å². The third-order valence-electron chi connectivity index (χ3n) is 4.09. The molecule has 0 aliphatic rings. The van der Waals surface area contributed by atoms with Crippen molar-refractivity contribution in [1.82, 2.24) is 14.5 Å². The Kier molecular flexibility index (Phi) is 6.12. The molecule has 0 aliphatic heterocycles. The van der Waals surface area contributed by atoms with E-state index in [4.69, 9.17) is 6.42 Å². The van der Waals surface area contributed by atoms with Crippen LogP contribution in [-0.2, 0) is 16.6 Å². The minimum absolute atomic E-state index is 0.0330. The van der Waals surface area contributed by atoms with Crippen LogP contribution in [0.3, 0.4) is 0 Å². The normalized spacial score (nSPS) is 11.0. The Bertz CT molecular complexity index is 1160. The number of aryl methyl sites for hydroxylation is 1. The highest BCUT2D eigenvalue weighted by Gasteiger charge is 2.17. The van der Waals surface area contributed by atoms with Gasteiger partial charge in [0.05, 0.1) is 23.7 Å². The zero-order chi connectivity index (χ0) is 20.9. The fourth-order valence-electron chi connectivity index (χ4n) is 2.74. The number of hydrogen-bond donors (Lipinski definition) is 2. The number of hydrogen-bond acceptors (Lipinski definition) is 4. The molecular weight excluding hydrogens is 388 g/mol. The van der Waals surface area contributed by atoms with Gasteiger partial charge in [0.15, 0.2) is 0 Å². The number of rotatable bonds is 7. The zero-order valence-electron chi connectivity index (χ0n) is 15.8. The van der Waals surface area contributed by atoms with Crippen LogP contribution in [0.4, 0.5) is 5.82 Å². The van der Waals surface area contributed by atoms with E-state index in [2.05, 4.69) is 21.1 Å². The van der Waals surface area contributed by atoms with E-state index in [1.165, 1.54) is 18.2 Å². The van der Waals surface area contributed by atoms with Crippen LogP contribution in [0.15, 0.2) is 65.6 Å². The van der Waals surface area contributed by atoms with Gasteiger partial charge >= 0.3 is 0 Å². The fourth-order valence-corrected chi connectivity index (χ4v) is 3.72. The molecule has 1 heterocycles. The van der Waals surface area contributed by atoms with Crippen LogP contribution in [-0.4, -0.2) is 30.7 Å². The predicted octanol–water partition coefficient (Wildman–Crippen LogP) is 2.40. The van der Waals surface area contributed by atoms with Gasteiger partial charge < -0.3 is 5.32 Å². The molecular formula is C21H20N4O3S. The first-order chi connectivity index (χ1) is 13.9. The van der Waals surface area contributed by atoms with E-state index in [1.54, 1.807) is 16.8 Å². The summed E-state index contributed by atoms with van der Waals surface area (Å²) in [6.45, 7) is 2.20. The van der Waals surface area contributed by atoms with Gasteiger partial charge in [0.1, 0.15) is 5.82 Å². The summed E-state index contributed by atoms with van der Waals surface area (Å²) in [5.74, 6) is 2.30. The zero-order valence-corrected chi connectivity index (χ0v) is 16.6. The number of terminal acetylenes is 1. The van der Waals surface area contributed by atoms with Crippen molar-refractivity contribution < 1.29 is 13.2 Å². The Morgan fingerprint density at radius 1 is 1.14 bits per heavy atom. The van der Waals surface area contributed by atoms with E-state index >= 15 is 0 Å². The van der Waals surface area contributed by atoms with Crippen molar-refractivity contribution in [2.75, 3.05) is 11.9 Å². The Hall–Kier alpha value is -3.41. The van der Waals surface area contributed by atoms with Gasteiger partial charge in [-0.3, -0.25) is 4.79 Å². The van der Waals surface area contributed by atoms with Crippen LogP contribution < -0.4 is 10.0 Å². The van der Waals surface area contributed by atoms with Crippen molar-refractivity contribution in [1.29, 1.82) is 0 Å². The largest absolute Gasteiger partial charge is 0.307 e. The SMILES string of the molecule is C#CCNS(=O)(=O)c1cccc(C(=O)Nc2cc(C)nn2Cc2ccccc2)c1. The number of benzene rings is 2. The van der Waals surface area contributed by atoms with E-state index in [0.717, 1.165) is 11.3 Å². The van der Waals surface area contributed by atoms with Gasteiger partial charge in [0, 0.05) is 11.6 Å². The summed E-state index contributed by atoms with van der Waals surface area (Å²) in [7, 11) is -3.79. The van der Waals surface area contributed by atoms with Crippen LogP contribution in [0.1, 0.15) is 21.6 Å². The number of carbonyl (C=O) groups is 1. The summed E-state index contributed by atoms with van der Waals surface area (Å²) in [5, 5.41) is 7.22. The molecule has 0 saturated heterocycles. The molecule has 0 saturated carbocycles. The van der Waals surface area contributed by atoms with E-state index in [0.29, 0.717) is 12.4 Å². The lowest BCUT2D eigenvalue weighted by molar-refractivity contribution is 0.102. The van der Waals surface area contributed by atoms with Gasteiger partial charge in [0.25, 0.3) is 5.91 Å². The summed E-state index contributed by atoms with van der Waals surface area (Å²) in [6.07, 6.45) is 5.10. The van der Waals surface area contributed by atoms with Gasteiger partial charge in [-0.1, -0.05) is 42.3 Å². The first kappa shape index (κ1) is 20.3. The van der Waals surface area contributed by atoms with Crippen molar-refractivity contribution in [2.45, 2.75) is 18.4 Å². The molecule has 148 valence electrons. The van der Waals surface area contributed by atoms with Crippen LogP contribution in [0.25, 0.3) is 0 Å². The second-order valence-corrected chi connectivity index (χ2v) is 8.09. The molecule has 0 atom stereocenters. The number of anilines is 1. The van der Waals surface area contributed by atoms with E-state index in [-0.39, 0.29) is 17.0 Å². The van der Waals surface area contributed by atoms with Crippen LogP contribution >= 0.6 is 0 Å². The van der Waals surface area contributed by atoms with Crippen LogP contribution in [0.5, 0.6) is 0 Å². The lowest BCUT2D eigenvalue weighted by Gasteiger charge is -2.10. The Labute approximate surface area is 169 Å². The number of sulfonamides is 1. The summed E-state index contributed by atoms with van der Waals surface area (Å²) < 4.78 is 28.4. The molecule has 0 fully saturated rings. The molecule has 7 nitrogen and oxygen atoms in total. The minimum atomic E-state index is -3.79. The third kappa shape index (κ3) is 5.10. The van der Waals surface area contributed by atoms with Crippen LogP contribution in [0, 0.1) is 19.3 Å². The van der Waals surface area contributed by atoms with Crippen molar-refractivity contribution in [3.05, 3.63) is 77.5 Å². The second-order valence-electron chi connectivity index (χ2n) is 6.32. The van der Waals surface area contributed by atoms with Crippen molar-refractivity contribution in [3.8, 4) is 12.3 Å². The molecule has 29 heavy (non-hydrogen) atoms. The molecule has 2 aromatic carbocycles. The molecule has 1 aromatic heterocycles. The minimum Gasteiger partial charge on any atom is -0.307 e. The van der Waals surface area contributed by atoms with E-state index < -0.39 is 15.9 Å². The first-order valence-corrected chi connectivity index (χ1v) is 10.3. The number of aromatic nitrogens is 2. The van der Waals surface area contributed by atoms with Crippen LogP contribution in [0.2, 0.25) is 0 Å². The third-order valence-corrected chi connectivity index (χ3v) is 5.49. The highest BCUT2D eigenvalue weighted by atomic mass is 32.2. The average Bonchev–Trinajstić information content (AvgIpc) is 3.06. The number of amides is 1. The summed E-state index contributed by atoms with van der Waals surface area (Å²) in [4.78, 5) is 12.7. The highest BCUT2D eigenvalue weighted by molar-refractivity contribution is 7.89. The summed E-state index contributed by atoms with van der Waals surface area (Å²) >= 11 is 0. The molecule has 0 spiro atoms. The standard InChI is InChI=1S/C21H20N4O3S/c1-3-12-22-29(27,28)19-11-7-10-18(14-19)21(26)23-20-13-16(2)24-25(20)15-17-8-5-4-6-9-17/h1,4-11,13-14,22H,12,15H2,2H3,(H,23,26). The van der Waals surface area contributed by atoms with Gasteiger partial charge in [-0.05, 0) is 30.7 Å². The molecule has 3 rings (SSSR count). The monoisotopic (exact) mass is 408 g/mol. The Balaban J connectivity index is 1.81. The van der Waals surface area contributed by atoms with Gasteiger partial charge in [0.2, 0.25) is 10.0 Å². The maximum atomic E-state index is 12.7. The predicted molar refractivity (Wildman–Crippen MR) is 111 cm³/mol. The second kappa shape index (κ2) is 8.73. The molecule has 0 bridgehead atoms. The van der Waals surface area contributed by atoms with Gasteiger partial charge in [-0.25, -0.2) is 13.1 Å². The molecule has 0 aliphatic carbocycles. The molecule has 1 amide bonds. The Morgan fingerprint density at radius 2 is 1.90 bits per heavy atom. The highest BCUT2D eigenvalue weighted by Crippen LogP contribution is 2.16.